The molecule has 1 nitrogen and oxygen atoms in total. The third kappa shape index (κ3) is 6.72. The summed E-state index contributed by atoms with van der Waals surface area (Å²) in [5, 5.41) is 0.0341. The number of benzene rings is 2. The molecule has 2 aromatic rings. The van der Waals surface area contributed by atoms with Crippen molar-refractivity contribution in [2.24, 2.45) is 5.92 Å². The van der Waals surface area contributed by atoms with Crippen LogP contribution in [0.1, 0.15) is 77.2 Å². The van der Waals surface area contributed by atoms with Gasteiger partial charge in [-0.25, -0.2) is 4.39 Å². The highest BCUT2D eigenvalue weighted by Crippen LogP contribution is 2.36. The lowest BCUT2D eigenvalue weighted by Crippen LogP contribution is -2.05. The maximum Gasteiger partial charge on any atom is 0.153 e. The molecule has 0 heterocycles. The van der Waals surface area contributed by atoms with E-state index in [9.17, 15) is 4.39 Å². The highest BCUT2D eigenvalue weighted by Gasteiger charge is 2.17. The largest absolute Gasteiger partial charge is 0.488 e. The molecule has 1 aliphatic carbocycles. The predicted octanol–water partition coefficient (Wildman–Crippen LogP) is 9.64. The standard InChI is InChI=1S/C29H36ClFO/c1-3-5-7-8-9-10-22-11-13-23(14-12-22)24-15-17-25(18-16-24)26-19-20-27(28(30)29(26)31)32-21-6-4-2/h4,6,13,15-20,22H,3,5,7-12,14,21H2,1-2H3/b6-4+. The van der Waals surface area contributed by atoms with Gasteiger partial charge >= 0.3 is 0 Å². The number of unbranched alkanes of at least 4 members (excludes halogenated alkanes) is 4. The van der Waals surface area contributed by atoms with Gasteiger partial charge in [-0.05, 0) is 60.9 Å². The van der Waals surface area contributed by atoms with Gasteiger partial charge in [-0.3, -0.25) is 0 Å². The molecule has 3 heteroatoms. The van der Waals surface area contributed by atoms with Crippen molar-refractivity contribution in [3.8, 4) is 16.9 Å². The molecule has 1 aliphatic rings. The number of allylic oxidation sites excluding steroid dienone is 3. The minimum absolute atomic E-state index is 0.0341. The van der Waals surface area contributed by atoms with Crippen molar-refractivity contribution in [1.29, 1.82) is 0 Å². The van der Waals surface area contributed by atoms with Crippen LogP contribution in [0.3, 0.4) is 0 Å². The fourth-order valence-electron chi connectivity index (χ4n) is 4.41. The zero-order chi connectivity index (χ0) is 22.8. The Bertz CT molecular complexity index is 913. The maximum absolute atomic E-state index is 14.9. The molecular formula is C29H36ClFO. The van der Waals surface area contributed by atoms with Gasteiger partial charge in [0.25, 0.3) is 0 Å². The van der Waals surface area contributed by atoms with Gasteiger partial charge in [0, 0.05) is 5.56 Å². The quantitative estimate of drug-likeness (QED) is 0.242. The molecule has 0 radical (unpaired) electrons. The lowest BCUT2D eigenvalue weighted by Gasteiger charge is -2.22. The molecule has 0 fully saturated rings. The first-order valence-electron chi connectivity index (χ1n) is 12.2. The molecule has 0 saturated heterocycles. The Morgan fingerprint density at radius 3 is 2.47 bits per heavy atom. The van der Waals surface area contributed by atoms with E-state index in [0.29, 0.717) is 17.9 Å². The fraction of sp³-hybridized carbons (Fsp3) is 0.448. The van der Waals surface area contributed by atoms with Gasteiger partial charge in [-0.2, -0.15) is 0 Å². The smallest absolute Gasteiger partial charge is 0.153 e. The molecule has 3 rings (SSSR count). The van der Waals surface area contributed by atoms with Gasteiger partial charge in [0.1, 0.15) is 17.4 Å². The van der Waals surface area contributed by atoms with Gasteiger partial charge in [0.05, 0.1) is 0 Å². The van der Waals surface area contributed by atoms with Crippen LogP contribution >= 0.6 is 11.6 Å². The summed E-state index contributed by atoms with van der Waals surface area (Å²) in [7, 11) is 0. The summed E-state index contributed by atoms with van der Waals surface area (Å²) in [5.41, 5.74) is 3.99. The summed E-state index contributed by atoms with van der Waals surface area (Å²) in [6.45, 7) is 4.55. The van der Waals surface area contributed by atoms with E-state index in [-0.39, 0.29) is 5.02 Å². The van der Waals surface area contributed by atoms with E-state index in [4.69, 9.17) is 16.3 Å². The van der Waals surface area contributed by atoms with Crippen LogP contribution in [-0.2, 0) is 0 Å². The van der Waals surface area contributed by atoms with E-state index >= 15 is 0 Å². The molecule has 1 atom stereocenters. The zero-order valence-electron chi connectivity index (χ0n) is 19.5. The molecule has 1 unspecified atom stereocenters. The molecular weight excluding hydrogens is 419 g/mol. The third-order valence-corrected chi connectivity index (χ3v) is 6.77. The van der Waals surface area contributed by atoms with Gasteiger partial charge in [0.15, 0.2) is 5.82 Å². The topological polar surface area (TPSA) is 9.23 Å². The number of rotatable bonds is 11. The Labute approximate surface area is 198 Å². The monoisotopic (exact) mass is 454 g/mol. The molecule has 172 valence electrons. The Hall–Kier alpha value is -2.06. The summed E-state index contributed by atoms with van der Waals surface area (Å²) in [6.07, 6.45) is 17.9. The third-order valence-electron chi connectivity index (χ3n) is 6.42. The van der Waals surface area contributed by atoms with E-state index in [1.807, 2.05) is 31.2 Å². The van der Waals surface area contributed by atoms with Gasteiger partial charge in [0.2, 0.25) is 0 Å². The molecule has 0 bridgehead atoms. The molecule has 0 spiro atoms. The molecule has 0 aliphatic heterocycles. The van der Waals surface area contributed by atoms with Crippen molar-refractivity contribution in [3.05, 3.63) is 71.0 Å². The van der Waals surface area contributed by atoms with Crippen LogP contribution in [-0.4, -0.2) is 6.61 Å². The average molecular weight is 455 g/mol. The molecule has 0 amide bonds. The van der Waals surface area contributed by atoms with Crippen LogP contribution in [0.5, 0.6) is 5.75 Å². The fourth-order valence-corrected chi connectivity index (χ4v) is 4.63. The van der Waals surface area contributed by atoms with E-state index < -0.39 is 5.82 Å². The second-order valence-corrected chi connectivity index (χ2v) is 9.15. The summed E-state index contributed by atoms with van der Waals surface area (Å²) < 4.78 is 20.4. The van der Waals surface area contributed by atoms with Crippen molar-refractivity contribution in [2.75, 3.05) is 6.61 Å². The molecule has 2 aromatic carbocycles. The molecule has 0 N–H and O–H groups in total. The summed E-state index contributed by atoms with van der Waals surface area (Å²) in [6, 6.07) is 11.7. The number of hydrogen-bond donors (Lipinski definition) is 0. The second kappa shape index (κ2) is 12.8. The highest BCUT2D eigenvalue weighted by molar-refractivity contribution is 6.32. The van der Waals surface area contributed by atoms with Crippen LogP contribution in [0.4, 0.5) is 4.39 Å². The Balaban J connectivity index is 1.60. The first-order chi connectivity index (χ1) is 15.6. The van der Waals surface area contributed by atoms with Crippen LogP contribution in [0, 0.1) is 11.7 Å². The Kier molecular flexibility index (Phi) is 9.87. The molecule has 32 heavy (non-hydrogen) atoms. The van der Waals surface area contributed by atoms with Gasteiger partial charge in [-0.15, -0.1) is 0 Å². The Morgan fingerprint density at radius 2 is 1.78 bits per heavy atom. The highest BCUT2D eigenvalue weighted by atomic mass is 35.5. The zero-order valence-corrected chi connectivity index (χ0v) is 20.3. The SMILES string of the molecule is C/C=C/COc1ccc(-c2ccc(C3=CCC(CCCCCCC)CC3)cc2)c(F)c1Cl. The lowest BCUT2D eigenvalue weighted by atomic mass is 9.83. The average Bonchev–Trinajstić information content (AvgIpc) is 2.82. The number of ether oxygens (including phenoxy) is 1. The summed E-state index contributed by atoms with van der Waals surface area (Å²) >= 11 is 6.22. The predicted molar refractivity (Wildman–Crippen MR) is 136 cm³/mol. The maximum atomic E-state index is 14.9. The minimum atomic E-state index is -0.434. The van der Waals surface area contributed by atoms with Crippen molar-refractivity contribution >= 4 is 17.2 Å². The van der Waals surface area contributed by atoms with E-state index in [0.717, 1.165) is 17.9 Å². The number of halogens is 2. The first-order valence-corrected chi connectivity index (χ1v) is 12.5. The van der Waals surface area contributed by atoms with Crippen LogP contribution in [0.25, 0.3) is 16.7 Å². The van der Waals surface area contributed by atoms with E-state index in [2.05, 4.69) is 25.1 Å². The van der Waals surface area contributed by atoms with Gasteiger partial charge < -0.3 is 4.74 Å². The van der Waals surface area contributed by atoms with E-state index in [1.54, 1.807) is 12.1 Å². The second-order valence-electron chi connectivity index (χ2n) is 8.77. The van der Waals surface area contributed by atoms with E-state index in [1.165, 1.54) is 62.5 Å². The van der Waals surface area contributed by atoms with Crippen molar-refractivity contribution in [3.63, 3.8) is 0 Å². The first kappa shape index (κ1) is 24.6. The molecule has 0 aromatic heterocycles. The van der Waals surface area contributed by atoms with Crippen LogP contribution in [0.15, 0.2) is 54.6 Å². The minimum Gasteiger partial charge on any atom is -0.488 e. The normalized spacial score (nSPS) is 16.4. The van der Waals surface area contributed by atoms with Crippen molar-refractivity contribution < 1.29 is 9.13 Å². The van der Waals surface area contributed by atoms with Gasteiger partial charge in [-0.1, -0.05) is 99.5 Å². The summed E-state index contributed by atoms with van der Waals surface area (Å²) in [5.74, 6) is 0.774. The van der Waals surface area contributed by atoms with Crippen molar-refractivity contribution in [1.82, 2.24) is 0 Å². The Morgan fingerprint density at radius 1 is 1.03 bits per heavy atom. The van der Waals surface area contributed by atoms with Crippen LogP contribution in [0.2, 0.25) is 5.02 Å². The van der Waals surface area contributed by atoms with Crippen LogP contribution < -0.4 is 4.74 Å². The summed E-state index contributed by atoms with van der Waals surface area (Å²) in [4.78, 5) is 0. The van der Waals surface area contributed by atoms with Crippen molar-refractivity contribution in [2.45, 2.75) is 71.6 Å². The lowest BCUT2D eigenvalue weighted by molar-refractivity contribution is 0.361. The number of hydrogen-bond acceptors (Lipinski definition) is 1. The molecule has 0 saturated carbocycles.